The highest BCUT2D eigenvalue weighted by Gasteiger charge is 2.33. The summed E-state index contributed by atoms with van der Waals surface area (Å²) >= 11 is 0. The summed E-state index contributed by atoms with van der Waals surface area (Å²) in [4.78, 5) is 2.64. The van der Waals surface area contributed by atoms with Crippen molar-refractivity contribution in [2.45, 2.75) is 82.5 Å². The molecule has 1 N–H and O–H groups in total. The van der Waals surface area contributed by atoms with Gasteiger partial charge in [0.25, 0.3) is 0 Å². The maximum Gasteiger partial charge on any atom is 0.126 e. The molecule has 0 spiro atoms. The largest absolute Gasteiger partial charge is 0.508 e. The molecule has 38 heavy (non-hydrogen) atoms. The number of aryl methyl sites for hydroxylation is 1. The van der Waals surface area contributed by atoms with E-state index in [9.17, 15) is 5.11 Å². The zero-order valence-corrected chi connectivity index (χ0v) is 23.0. The number of hydrogen-bond donors (Lipinski definition) is 1. The van der Waals surface area contributed by atoms with E-state index in [-0.39, 0.29) is 17.6 Å². The molecular weight excluding hydrogens is 466 g/mol. The highest BCUT2D eigenvalue weighted by Crippen LogP contribution is 2.46. The number of phenols is 1. The zero-order valence-electron chi connectivity index (χ0n) is 23.0. The van der Waals surface area contributed by atoms with Crippen molar-refractivity contribution in [1.29, 1.82) is 0 Å². The normalized spacial score (nSPS) is 19.3. The van der Waals surface area contributed by atoms with Crippen LogP contribution >= 0.6 is 0 Å². The van der Waals surface area contributed by atoms with E-state index in [2.05, 4.69) is 59.5 Å². The van der Waals surface area contributed by atoms with Crippen LogP contribution in [0.2, 0.25) is 0 Å². The van der Waals surface area contributed by atoms with Crippen molar-refractivity contribution in [3.05, 3.63) is 95.1 Å². The molecule has 3 heteroatoms. The van der Waals surface area contributed by atoms with E-state index < -0.39 is 0 Å². The van der Waals surface area contributed by atoms with Crippen molar-refractivity contribution in [3.63, 3.8) is 0 Å². The molecule has 0 radical (unpaired) electrons. The molecule has 0 amide bonds. The van der Waals surface area contributed by atoms with Gasteiger partial charge in [0.05, 0.1) is 6.61 Å². The van der Waals surface area contributed by atoms with Gasteiger partial charge in [0.2, 0.25) is 0 Å². The average Bonchev–Trinajstić information content (AvgIpc) is 3.48. The first-order valence-corrected chi connectivity index (χ1v) is 15.1. The van der Waals surface area contributed by atoms with Crippen molar-refractivity contribution < 1.29 is 9.84 Å². The molecule has 3 aromatic carbocycles. The third-order valence-corrected chi connectivity index (χ3v) is 8.61. The molecule has 1 fully saturated rings. The van der Waals surface area contributed by atoms with Crippen molar-refractivity contribution in [2.24, 2.45) is 0 Å². The third kappa shape index (κ3) is 7.20. The van der Waals surface area contributed by atoms with Crippen molar-refractivity contribution >= 4 is 0 Å². The fourth-order valence-electron chi connectivity index (χ4n) is 6.42. The predicted octanol–water partition coefficient (Wildman–Crippen LogP) is 8.46. The van der Waals surface area contributed by atoms with Crippen LogP contribution in [-0.4, -0.2) is 36.2 Å². The Morgan fingerprint density at radius 3 is 2.13 bits per heavy atom. The minimum absolute atomic E-state index is 0.214. The lowest BCUT2D eigenvalue weighted by Crippen LogP contribution is -2.25. The minimum Gasteiger partial charge on any atom is -0.508 e. The second-order valence-corrected chi connectivity index (χ2v) is 11.4. The molecule has 2 heterocycles. The van der Waals surface area contributed by atoms with Crippen LogP contribution in [0.4, 0.5) is 0 Å². The molecule has 1 saturated heterocycles. The molecular formula is C35H45NO2. The zero-order chi connectivity index (χ0) is 26.0. The van der Waals surface area contributed by atoms with Crippen LogP contribution in [0, 0.1) is 0 Å². The highest BCUT2D eigenvalue weighted by atomic mass is 16.5. The maximum absolute atomic E-state index is 10.0. The number of phenolic OH excluding ortho intramolecular Hbond substituents is 1. The summed E-state index contributed by atoms with van der Waals surface area (Å²) in [5.74, 6) is 1.52. The Morgan fingerprint density at radius 2 is 1.39 bits per heavy atom. The van der Waals surface area contributed by atoms with E-state index in [0.29, 0.717) is 6.61 Å². The number of unbranched alkanes of at least 4 members (excludes halogenated alkanes) is 7. The summed E-state index contributed by atoms with van der Waals surface area (Å²) in [6, 6.07) is 25.6. The number of aromatic hydroxyl groups is 1. The number of nitrogens with zero attached hydrogens (tertiary/aromatic N) is 1. The first-order chi connectivity index (χ1) is 18.8. The van der Waals surface area contributed by atoms with E-state index in [1.54, 1.807) is 12.1 Å². The number of hydrogen-bond acceptors (Lipinski definition) is 3. The van der Waals surface area contributed by atoms with Gasteiger partial charge >= 0.3 is 0 Å². The molecule has 2 atom stereocenters. The number of rotatable bonds is 13. The Labute approximate surface area is 229 Å². The molecule has 2 aliphatic rings. The Morgan fingerprint density at radius 1 is 0.711 bits per heavy atom. The van der Waals surface area contributed by atoms with Crippen LogP contribution in [0.25, 0.3) is 0 Å². The van der Waals surface area contributed by atoms with Crippen LogP contribution in [0.5, 0.6) is 11.5 Å². The Hall–Kier alpha value is -2.78. The van der Waals surface area contributed by atoms with Crippen LogP contribution in [0.3, 0.4) is 0 Å². The van der Waals surface area contributed by atoms with Crippen LogP contribution in [0.15, 0.2) is 72.8 Å². The fourth-order valence-corrected chi connectivity index (χ4v) is 6.42. The summed E-state index contributed by atoms with van der Waals surface area (Å²) in [5, 5.41) is 10.0. The van der Waals surface area contributed by atoms with Gasteiger partial charge in [-0.3, -0.25) is 0 Å². The van der Waals surface area contributed by atoms with E-state index in [0.717, 1.165) is 17.7 Å². The molecule has 202 valence electrons. The number of fused-ring (bicyclic) bond motifs is 1. The quantitative estimate of drug-likeness (QED) is 0.234. The number of ether oxygens (including phenoxy) is 1. The van der Waals surface area contributed by atoms with Gasteiger partial charge in [-0.1, -0.05) is 99.2 Å². The molecule has 2 aliphatic heterocycles. The standard InChI is InChI=1S/C35H45NO2/c37-31-21-22-32-34(26-31)38-27-33(29-15-9-7-10-16-29)35(32)30-19-17-28(18-20-30)14-8-5-3-1-2-4-6-11-23-36-24-12-13-25-36/h7,9-10,15-22,26,33,35,37H,1-6,8,11-14,23-25,27H2/t33-,35-/m0/s1. The van der Waals surface area contributed by atoms with E-state index in [1.807, 2.05) is 6.07 Å². The third-order valence-electron chi connectivity index (χ3n) is 8.61. The lowest BCUT2D eigenvalue weighted by Gasteiger charge is -2.34. The summed E-state index contributed by atoms with van der Waals surface area (Å²) in [7, 11) is 0. The molecule has 0 unspecified atom stereocenters. The highest BCUT2D eigenvalue weighted by molar-refractivity contribution is 5.50. The summed E-state index contributed by atoms with van der Waals surface area (Å²) < 4.78 is 6.12. The number of benzene rings is 3. The van der Waals surface area contributed by atoms with Gasteiger partial charge in [0.1, 0.15) is 11.5 Å². The molecule has 0 bridgehead atoms. The lowest BCUT2D eigenvalue weighted by atomic mass is 9.75. The SMILES string of the molecule is Oc1ccc2c(c1)OC[C@@H](c1ccccc1)[C@H]2c1ccc(CCCCCCCCCCN2CCCC2)cc1. The molecule has 0 aromatic heterocycles. The van der Waals surface area contributed by atoms with Gasteiger partial charge in [0, 0.05) is 23.5 Å². The van der Waals surface area contributed by atoms with Crippen LogP contribution < -0.4 is 4.74 Å². The second-order valence-electron chi connectivity index (χ2n) is 11.4. The van der Waals surface area contributed by atoms with Crippen LogP contribution in [-0.2, 0) is 6.42 Å². The summed E-state index contributed by atoms with van der Waals surface area (Å²) in [5.41, 5.74) is 5.21. The predicted molar refractivity (Wildman–Crippen MR) is 157 cm³/mol. The van der Waals surface area contributed by atoms with E-state index in [4.69, 9.17) is 4.74 Å². The van der Waals surface area contributed by atoms with E-state index >= 15 is 0 Å². The van der Waals surface area contributed by atoms with Crippen molar-refractivity contribution in [3.8, 4) is 11.5 Å². The molecule has 3 nitrogen and oxygen atoms in total. The second kappa shape index (κ2) is 13.8. The summed E-state index contributed by atoms with van der Waals surface area (Å²) in [6.45, 7) is 4.62. The monoisotopic (exact) mass is 511 g/mol. The Balaban J connectivity index is 1.09. The first-order valence-electron chi connectivity index (χ1n) is 15.1. The maximum atomic E-state index is 10.0. The smallest absolute Gasteiger partial charge is 0.126 e. The van der Waals surface area contributed by atoms with Gasteiger partial charge in [-0.25, -0.2) is 0 Å². The van der Waals surface area contributed by atoms with E-state index in [1.165, 1.54) is 101 Å². The van der Waals surface area contributed by atoms with Gasteiger partial charge in [-0.15, -0.1) is 0 Å². The van der Waals surface area contributed by atoms with Gasteiger partial charge in [-0.2, -0.15) is 0 Å². The van der Waals surface area contributed by atoms with Crippen molar-refractivity contribution in [2.75, 3.05) is 26.2 Å². The molecule has 5 rings (SSSR count). The fraction of sp³-hybridized carbons (Fsp3) is 0.486. The van der Waals surface area contributed by atoms with Crippen LogP contribution in [0.1, 0.15) is 98.3 Å². The lowest BCUT2D eigenvalue weighted by molar-refractivity contribution is 0.248. The van der Waals surface area contributed by atoms with Gasteiger partial charge < -0.3 is 14.7 Å². The molecule has 0 aliphatic carbocycles. The average molecular weight is 512 g/mol. The van der Waals surface area contributed by atoms with Gasteiger partial charge in [0.15, 0.2) is 0 Å². The Bertz CT molecular complexity index is 1100. The Kier molecular flexibility index (Phi) is 9.77. The number of likely N-dealkylation sites (tertiary alicyclic amines) is 1. The molecule has 0 saturated carbocycles. The van der Waals surface area contributed by atoms with Gasteiger partial charge in [-0.05, 0) is 74.5 Å². The minimum atomic E-state index is 0.214. The topological polar surface area (TPSA) is 32.7 Å². The molecule has 3 aromatic rings. The van der Waals surface area contributed by atoms with Crippen molar-refractivity contribution in [1.82, 2.24) is 4.90 Å². The summed E-state index contributed by atoms with van der Waals surface area (Å²) in [6.07, 6.45) is 15.0. The first kappa shape index (κ1) is 26.8.